The van der Waals surface area contributed by atoms with Crippen LogP contribution in [0.5, 0.6) is 0 Å². The summed E-state index contributed by atoms with van der Waals surface area (Å²) in [4.78, 5) is 13.9. The number of rotatable bonds is 5. The second kappa shape index (κ2) is 5.59. The lowest BCUT2D eigenvalue weighted by molar-refractivity contribution is -0.385. The van der Waals surface area contributed by atoms with Gasteiger partial charge in [0.1, 0.15) is 11.6 Å². The van der Waals surface area contributed by atoms with Crippen molar-refractivity contribution >= 4 is 11.4 Å². The molecule has 0 bridgehead atoms. The number of nitrogens with zero attached hydrogens (tertiary/aromatic N) is 4. The normalized spacial score (nSPS) is 9.84. The predicted octanol–water partition coefficient (Wildman–Crippen LogP) is 1.50. The van der Waals surface area contributed by atoms with Crippen molar-refractivity contribution in [3.05, 3.63) is 46.1 Å². The first kappa shape index (κ1) is 12.5. The van der Waals surface area contributed by atoms with Crippen LogP contribution in [-0.2, 0) is 6.42 Å². The fraction of sp³-hybridized carbons (Fsp3) is 0.182. The molecule has 2 aromatic rings. The number of anilines is 1. The van der Waals surface area contributed by atoms with Crippen LogP contribution in [0.4, 0.5) is 11.4 Å². The molecule has 0 unspecified atom stereocenters. The smallest absolute Gasteiger partial charge is 0.287 e. The highest BCUT2D eigenvalue weighted by Gasteiger charge is 2.13. The van der Waals surface area contributed by atoms with Gasteiger partial charge >= 0.3 is 0 Å². The van der Waals surface area contributed by atoms with E-state index in [1.165, 1.54) is 18.5 Å². The van der Waals surface area contributed by atoms with Crippen LogP contribution in [-0.4, -0.2) is 21.6 Å². The Bertz CT molecular complexity index is 618. The second-order valence-corrected chi connectivity index (χ2v) is 3.61. The Labute approximate surface area is 107 Å². The lowest BCUT2D eigenvalue weighted by atomic mass is 10.1. The van der Waals surface area contributed by atoms with Gasteiger partial charge in [-0.1, -0.05) is 5.16 Å². The highest BCUT2D eigenvalue weighted by atomic mass is 16.6. The molecular formula is C11H9N5O3. The minimum atomic E-state index is -0.583. The largest absolute Gasteiger partial charge is 0.384 e. The summed E-state index contributed by atoms with van der Waals surface area (Å²) in [6, 6.07) is 6.08. The third-order valence-electron chi connectivity index (χ3n) is 2.39. The van der Waals surface area contributed by atoms with Crippen molar-refractivity contribution in [2.45, 2.75) is 6.42 Å². The van der Waals surface area contributed by atoms with E-state index in [1.54, 1.807) is 12.1 Å². The topological polar surface area (TPSA) is 118 Å². The summed E-state index contributed by atoms with van der Waals surface area (Å²) >= 11 is 0. The number of hydrogen-bond acceptors (Lipinski definition) is 7. The Balaban J connectivity index is 2.01. The molecule has 2 rings (SSSR count). The van der Waals surface area contributed by atoms with E-state index in [0.29, 0.717) is 24.5 Å². The summed E-state index contributed by atoms with van der Waals surface area (Å²) in [6.45, 7) is 0.519. The van der Waals surface area contributed by atoms with Crippen molar-refractivity contribution in [1.29, 1.82) is 5.26 Å². The van der Waals surface area contributed by atoms with Gasteiger partial charge in [-0.05, 0) is 12.1 Å². The Kier molecular flexibility index (Phi) is 3.68. The second-order valence-electron chi connectivity index (χ2n) is 3.61. The molecule has 0 saturated carbocycles. The van der Waals surface area contributed by atoms with Crippen LogP contribution in [0.15, 0.2) is 29.0 Å². The summed E-state index contributed by atoms with van der Waals surface area (Å²) in [7, 11) is 0. The van der Waals surface area contributed by atoms with Crippen LogP contribution >= 0.6 is 0 Å². The number of nitro groups is 1. The molecule has 1 aromatic heterocycles. The van der Waals surface area contributed by atoms with Crippen molar-refractivity contribution < 1.29 is 9.45 Å². The lowest BCUT2D eigenvalue weighted by Crippen LogP contribution is -2.05. The molecule has 1 aromatic carbocycles. The number of nitro benzene ring substituents is 1. The van der Waals surface area contributed by atoms with E-state index < -0.39 is 4.92 Å². The molecule has 0 aliphatic heterocycles. The Morgan fingerprint density at radius 3 is 3.00 bits per heavy atom. The fourth-order valence-corrected chi connectivity index (χ4v) is 1.51. The predicted molar refractivity (Wildman–Crippen MR) is 64.3 cm³/mol. The van der Waals surface area contributed by atoms with E-state index in [0.717, 1.165) is 0 Å². The molecule has 0 spiro atoms. The van der Waals surface area contributed by atoms with Gasteiger partial charge in [-0.3, -0.25) is 10.1 Å². The molecule has 0 aliphatic rings. The van der Waals surface area contributed by atoms with Gasteiger partial charge in [-0.25, -0.2) is 0 Å². The highest BCUT2D eigenvalue weighted by molar-refractivity contribution is 5.58. The molecule has 0 atom stereocenters. The maximum Gasteiger partial charge on any atom is 0.287 e. The van der Waals surface area contributed by atoms with Crippen LogP contribution in [0.25, 0.3) is 0 Å². The summed E-state index contributed by atoms with van der Waals surface area (Å²) < 4.78 is 4.82. The number of hydrogen-bond donors (Lipinski definition) is 1. The molecule has 0 amide bonds. The molecule has 0 fully saturated rings. The van der Waals surface area contributed by atoms with Crippen LogP contribution < -0.4 is 5.32 Å². The average Bonchev–Trinajstić information content (AvgIpc) is 2.91. The SMILES string of the molecule is N#Cc1cc(NCCc2ncno2)ccc1[N+](=O)[O-]. The molecule has 96 valence electrons. The average molecular weight is 259 g/mol. The number of nitrogens with one attached hydrogen (secondary N) is 1. The molecular weight excluding hydrogens is 250 g/mol. The number of benzene rings is 1. The van der Waals surface area contributed by atoms with Crippen molar-refractivity contribution in [2.75, 3.05) is 11.9 Å². The first-order chi connectivity index (χ1) is 9.20. The zero-order valence-electron chi connectivity index (χ0n) is 9.74. The third-order valence-corrected chi connectivity index (χ3v) is 2.39. The Morgan fingerprint density at radius 2 is 2.37 bits per heavy atom. The van der Waals surface area contributed by atoms with E-state index in [2.05, 4.69) is 15.5 Å². The quantitative estimate of drug-likeness (QED) is 0.638. The zero-order valence-corrected chi connectivity index (χ0v) is 9.74. The van der Waals surface area contributed by atoms with Gasteiger partial charge in [0.25, 0.3) is 5.69 Å². The molecule has 8 nitrogen and oxygen atoms in total. The molecule has 1 N–H and O–H groups in total. The van der Waals surface area contributed by atoms with Crippen LogP contribution in [0.3, 0.4) is 0 Å². The van der Waals surface area contributed by atoms with Crippen molar-refractivity contribution in [2.24, 2.45) is 0 Å². The van der Waals surface area contributed by atoms with Crippen LogP contribution in [0, 0.1) is 21.4 Å². The van der Waals surface area contributed by atoms with E-state index in [1.807, 2.05) is 0 Å². The molecule has 8 heteroatoms. The maximum atomic E-state index is 10.7. The standard InChI is InChI=1S/C11H9N5O3/c12-6-8-5-9(1-2-10(8)16(17)18)13-4-3-11-14-7-15-19-11/h1-2,5,7,13H,3-4H2. The Morgan fingerprint density at radius 1 is 1.53 bits per heavy atom. The van der Waals surface area contributed by atoms with Crippen LogP contribution in [0.2, 0.25) is 0 Å². The van der Waals surface area contributed by atoms with Crippen LogP contribution in [0.1, 0.15) is 11.5 Å². The maximum absolute atomic E-state index is 10.7. The minimum Gasteiger partial charge on any atom is -0.384 e. The molecule has 0 aliphatic carbocycles. The monoisotopic (exact) mass is 259 g/mol. The molecule has 0 saturated heterocycles. The van der Waals surface area contributed by atoms with Gasteiger partial charge in [-0.15, -0.1) is 0 Å². The van der Waals surface area contributed by atoms with Gasteiger partial charge in [-0.2, -0.15) is 10.2 Å². The number of nitriles is 1. The first-order valence-electron chi connectivity index (χ1n) is 5.38. The summed E-state index contributed by atoms with van der Waals surface area (Å²) in [6.07, 6.45) is 1.84. The fourth-order valence-electron chi connectivity index (χ4n) is 1.51. The van der Waals surface area contributed by atoms with Gasteiger partial charge in [0.05, 0.1) is 4.92 Å². The van der Waals surface area contributed by atoms with Crippen molar-refractivity contribution in [3.63, 3.8) is 0 Å². The lowest BCUT2D eigenvalue weighted by Gasteiger charge is -2.04. The summed E-state index contributed by atoms with van der Waals surface area (Å²) in [5.74, 6) is 0.495. The molecule has 1 heterocycles. The summed E-state index contributed by atoms with van der Waals surface area (Å²) in [5.41, 5.74) is 0.444. The minimum absolute atomic E-state index is 0.0211. The van der Waals surface area contributed by atoms with E-state index in [-0.39, 0.29) is 11.3 Å². The van der Waals surface area contributed by atoms with Gasteiger partial charge in [0.2, 0.25) is 5.89 Å². The molecule has 19 heavy (non-hydrogen) atoms. The zero-order chi connectivity index (χ0) is 13.7. The Hall–Kier alpha value is -2.95. The van der Waals surface area contributed by atoms with Gasteiger partial charge < -0.3 is 9.84 Å². The van der Waals surface area contributed by atoms with E-state index in [9.17, 15) is 10.1 Å². The molecule has 0 radical (unpaired) electrons. The van der Waals surface area contributed by atoms with Crippen molar-refractivity contribution in [1.82, 2.24) is 10.1 Å². The third kappa shape index (κ3) is 3.04. The van der Waals surface area contributed by atoms with E-state index in [4.69, 9.17) is 9.78 Å². The number of aromatic nitrogens is 2. The first-order valence-corrected chi connectivity index (χ1v) is 5.38. The van der Waals surface area contributed by atoms with Gasteiger partial charge in [0, 0.05) is 24.7 Å². The van der Waals surface area contributed by atoms with E-state index >= 15 is 0 Å². The van der Waals surface area contributed by atoms with Gasteiger partial charge in [0.15, 0.2) is 6.33 Å². The highest BCUT2D eigenvalue weighted by Crippen LogP contribution is 2.21. The van der Waals surface area contributed by atoms with Crippen molar-refractivity contribution in [3.8, 4) is 6.07 Å². The summed E-state index contributed by atoms with van der Waals surface area (Å²) in [5, 5.41) is 26.0.